The first kappa shape index (κ1) is 18.7. The predicted molar refractivity (Wildman–Crippen MR) is 111 cm³/mol. The van der Waals surface area contributed by atoms with Gasteiger partial charge in [-0.15, -0.1) is 10.2 Å². The molecule has 4 rings (SSSR count). The molecule has 0 aliphatic heterocycles. The summed E-state index contributed by atoms with van der Waals surface area (Å²) < 4.78 is 2.12. The normalized spacial score (nSPS) is 18.9. The van der Waals surface area contributed by atoms with Gasteiger partial charge in [-0.1, -0.05) is 48.0 Å². The van der Waals surface area contributed by atoms with Gasteiger partial charge in [0.25, 0.3) is 0 Å². The zero-order valence-corrected chi connectivity index (χ0v) is 16.6. The van der Waals surface area contributed by atoms with E-state index >= 15 is 0 Å². The lowest BCUT2D eigenvalue weighted by molar-refractivity contribution is -0.124. The van der Waals surface area contributed by atoms with Crippen molar-refractivity contribution in [2.24, 2.45) is 5.92 Å². The Morgan fingerprint density at radius 3 is 2.39 bits per heavy atom. The summed E-state index contributed by atoms with van der Waals surface area (Å²) in [7, 11) is 0. The van der Waals surface area contributed by atoms with Crippen LogP contribution in [0.1, 0.15) is 32.2 Å². The first-order valence-corrected chi connectivity index (χ1v) is 10.1. The van der Waals surface area contributed by atoms with Crippen molar-refractivity contribution in [2.75, 3.05) is 6.54 Å². The number of rotatable bonds is 5. The summed E-state index contributed by atoms with van der Waals surface area (Å²) in [6.07, 6.45) is 4.49. The second-order valence-corrected chi connectivity index (χ2v) is 7.64. The van der Waals surface area contributed by atoms with Gasteiger partial charge in [-0.3, -0.25) is 4.79 Å². The molecule has 1 aliphatic carbocycles. The van der Waals surface area contributed by atoms with Crippen LogP contribution >= 0.6 is 11.6 Å². The zero-order valence-electron chi connectivity index (χ0n) is 15.8. The molecule has 0 radical (unpaired) electrons. The van der Waals surface area contributed by atoms with Gasteiger partial charge < -0.3 is 9.88 Å². The van der Waals surface area contributed by atoms with Crippen molar-refractivity contribution in [1.82, 2.24) is 20.1 Å². The lowest BCUT2D eigenvalue weighted by Gasteiger charge is -2.15. The molecule has 5 nitrogen and oxygen atoms in total. The second-order valence-electron chi connectivity index (χ2n) is 7.20. The fourth-order valence-electron chi connectivity index (χ4n) is 3.94. The molecular weight excluding hydrogens is 372 g/mol. The van der Waals surface area contributed by atoms with Crippen LogP contribution in [0.2, 0.25) is 5.02 Å². The number of carbonyl (C=O) groups is 1. The Labute approximate surface area is 169 Å². The van der Waals surface area contributed by atoms with Crippen LogP contribution in [0.15, 0.2) is 54.9 Å². The van der Waals surface area contributed by atoms with Crippen molar-refractivity contribution in [3.8, 4) is 22.5 Å². The van der Waals surface area contributed by atoms with E-state index < -0.39 is 0 Å². The maximum absolute atomic E-state index is 12.1. The minimum atomic E-state index is 0.0764. The maximum atomic E-state index is 12.1. The highest BCUT2D eigenvalue weighted by Crippen LogP contribution is 2.37. The Bertz CT molecular complexity index is 949. The summed E-state index contributed by atoms with van der Waals surface area (Å²) in [5, 5.41) is 12.2. The van der Waals surface area contributed by atoms with Crippen molar-refractivity contribution in [1.29, 1.82) is 0 Å². The molecule has 28 heavy (non-hydrogen) atoms. The number of halogens is 1. The third-order valence-electron chi connectivity index (χ3n) is 5.41. The van der Waals surface area contributed by atoms with Gasteiger partial charge in [0.05, 0.1) is 0 Å². The molecule has 1 amide bonds. The summed E-state index contributed by atoms with van der Waals surface area (Å²) in [5.41, 5.74) is 3.28. The average molecular weight is 395 g/mol. The third kappa shape index (κ3) is 3.80. The molecule has 1 N–H and O–H groups in total. The number of nitrogens with one attached hydrogen (secondary N) is 1. The summed E-state index contributed by atoms with van der Waals surface area (Å²) in [4.78, 5) is 12.1. The van der Waals surface area contributed by atoms with E-state index in [1.165, 1.54) is 0 Å². The average Bonchev–Trinajstić information content (AvgIpc) is 3.38. The third-order valence-corrected chi connectivity index (χ3v) is 5.67. The smallest absolute Gasteiger partial charge is 0.223 e. The lowest BCUT2D eigenvalue weighted by Crippen LogP contribution is -2.29. The Hall–Kier alpha value is -2.66. The largest absolute Gasteiger partial charge is 0.356 e. The molecule has 1 fully saturated rings. The molecular formula is C22H23ClN4O. The SMILES string of the molecule is CCNC(=O)[C@H]1CC[C@@H](n2cnnc2-c2ccc(-c3ccc(Cl)cc3)cc2)C1. The molecule has 0 saturated heterocycles. The van der Waals surface area contributed by atoms with Crippen LogP contribution in [-0.4, -0.2) is 27.2 Å². The van der Waals surface area contributed by atoms with Crippen LogP contribution in [0.4, 0.5) is 0 Å². The number of carbonyl (C=O) groups excluding carboxylic acids is 1. The molecule has 3 aromatic rings. The number of amides is 1. The first-order chi connectivity index (χ1) is 13.7. The Balaban J connectivity index is 1.53. The van der Waals surface area contributed by atoms with Crippen LogP contribution in [0.5, 0.6) is 0 Å². The van der Waals surface area contributed by atoms with Crippen LogP contribution in [0.3, 0.4) is 0 Å². The van der Waals surface area contributed by atoms with Crippen molar-refractivity contribution < 1.29 is 4.79 Å². The highest BCUT2D eigenvalue weighted by Gasteiger charge is 2.31. The molecule has 2 aromatic carbocycles. The number of hydrogen-bond donors (Lipinski definition) is 1. The topological polar surface area (TPSA) is 59.8 Å². The van der Waals surface area contributed by atoms with Crippen LogP contribution in [0.25, 0.3) is 22.5 Å². The molecule has 1 aromatic heterocycles. The number of nitrogens with zero attached hydrogens (tertiary/aromatic N) is 3. The summed E-state index contributed by atoms with van der Waals surface area (Å²) in [5.74, 6) is 1.09. The van der Waals surface area contributed by atoms with E-state index in [0.717, 1.165) is 46.8 Å². The number of benzene rings is 2. The van der Waals surface area contributed by atoms with E-state index in [-0.39, 0.29) is 17.9 Å². The van der Waals surface area contributed by atoms with Gasteiger partial charge in [-0.2, -0.15) is 0 Å². The van der Waals surface area contributed by atoms with E-state index in [1.54, 1.807) is 6.33 Å². The molecule has 6 heteroatoms. The maximum Gasteiger partial charge on any atom is 0.223 e. The van der Waals surface area contributed by atoms with Crippen LogP contribution in [0, 0.1) is 5.92 Å². The highest BCUT2D eigenvalue weighted by atomic mass is 35.5. The van der Waals surface area contributed by atoms with Gasteiger partial charge >= 0.3 is 0 Å². The van der Waals surface area contributed by atoms with E-state index in [4.69, 9.17) is 11.6 Å². The van der Waals surface area contributed by atoms with E-state index in [1.807, 2.05) is 31.2 Å². The number of hydrogen-bond acceptors (Lipinski definition) is 3. The molecule has 1 saturated carbocycles. The predicted octanol–water partition coefficient (Wildman–Crippen LogP) is 4.74. The van der Waals surface area contributed by atoms with E-state index in [2.05, 4.69) is 44.3 Å². The molecule has 1 heterocycles. The highest BCUT2D eigenvalue weighted by molar-refractivity contribution is 6.30. The van der Waals surface area contributed by atoms with Gasteiger partial charge in [0, 0.05) is 29.1 Å². The molecule has 0 spiro atoms. The van der Waals surface area contributed by atoms with Crippen molar-refractivity contribution in [3.63, 3.8) is 0 Å². The van der Waals surface area contributed by atoms with Gasteiger partial charge in [0.15, 0.2) is 5.82 Å². The minimum Gasteiger partial charge on any atom is -0.356 e. The summed E-state index contributed by atoms with van der Waals surface area (Å²) in [6, 6.07) is 16.4. The first-order valence-electron chi connectivity index (χ1n) is 9.69. The quantitative estimate of drug-likeness (QED) is 0.679. The van der Waals surface area contributed by atoms with E-state index in [9.17, 15) is 4.79 Å². The summed E-state index contributed by atoms with van der Waals surface area (Å²) in [6.45, 7) is 2.63. The van der Waals surface area contributed by atoms with Crippen molar-refractivity contribution >= 4 is 17.5 Å². The molecule has 2 atom stereocenters. The standard InChI is InChI=1S/C22H23ClN4O/c1-2-24-22(28)18-9-12-20(13-18)27-14-25-26-21(27)17-5-3-15(4-6-17)16-7-10-19(23)11-8-16/h3-8,10-11,14,18,20H,2,9,12-13H2,1H3,(H,24,28)/t18-,20+/m0/s1. The Morgan fingerprint density at radius 1 is 1.07 bits per heavy atom. The lowest BCUT2D eigenvalue weighted by atomic mass is 10.0. The molecule has 1 aliphatic rings. The fourth-order valence-corrected chi connectivity index (χ4v) is 4.06. The van der Waals surface area contributed by atoms with Crippen molar-refractivity contribution in [3.05, 3.63) is 59.9 Å². The van der Waals surface area contributed by atoms with Crippen LogP contribution in [-0.2, 0) is 4.79 Å². The van der Waals surface area contributed by atoms with Crippen molar-refractivity contribution in [2.45, 2.75) is 32.2 Å². The molecule has 144 valence electrons. The summed E-state index contributed by atoms with van der Waals surface area (Å²) >= 11 is 5.98. The second kappa shape index (κ2) is 8.15. The van der Waals surface area contributed by atoms with Crippen LogP contribution < -0.4 is 5.32 Å². The Morgan fingerprint density at radius 2 is 1.71 bits per heavy atom. The van der Waals surface area contributed by atoms with Gasteiger partial charge in [0.1, 0.15) is 6.33 Å². The number of aromatic nitrogens is 3. The fraction of sp³-hybridized carbons (Fsp3) is 0.318. The van der Waals surface area contributed by atoms with Gasteiger partial charge in [-0.05, 0) is 49.4 Å². The zero-order chi connectivity index (χ0) is 19.5. The minimum absolute atomic E-state index is 0.0764. The van der Waals surface area contributed by atoms with Gasteiger partial charge in [0.2, 0.25) is 5.91 Å². The monoisotopic (exact) mass is 394 g/mol. The Kier molecular flexibility index (Phi) is 5.44. The molecule has 0 unspecified atom stereocenters. The van der Waals surface area contributed by atoms with Gasteiger partial charge in [-0.25, -0.2) is 0 Å². The molecule has 0 bridgehead atoms. The van der Waals surface area contributed by atoms with E-state index in [0.29, 0.717) is 6.54 Å².